The van der Waals surface area contributed by atoms with Crippen molar-refractivity contribution in [3.05, 3.63) is 35.9 Å². The molecule has 0 aliphatic carbocycles. The molecule has 3 rings (SSSR count). The van der Waals surface area contributed by atoms with Crippen molar-refractivity contribution in [2.75, 3.05) is 0 Å². The van der Waals surface area contributed by atoms with Crippen LogP contribution in [-0.4, -0.2) is 28.2 Å². The van der Waals surface area contributed by atoms with Gasteiger partial charge in [0, 0.05) is 24.5 Å². The molecule has 21 heavy (non-hydrogen) atoms. The molecule has 0 saturated carbocycles. The van der Waals surface area contributed by atoms with Crippen molar-refractivity contribution < 1.29 is 4.74 Å². The van der Waals surface area contributed by atoms with Gasteiger partial charge in [0.1, 0.15) is 11.2 Å². The molecule has 0 spiro atoms. The number of epoxide rings is 1. The molecule has 2 aliphatic rings. The summed E-state index contributed by atoms with van der Waals surface area (Å²) in [7, 11) is 0. The number of benzene rings is 1. The highest BCUT2D eigenvalue weighted by Crippen LogP contribution is 2.63. The van der Waals surface area contributed by atoms with Crippen LogP contribution in [0.1, 0.15) is 53.0 Å². The van der Waals surface area contributed by atoms with Crippen LogP contribution in [0.3, 0.4) is 0 Å². The van der Waals surface area contributed by atoms with E-state index in [9.17, 15) is 0 Å². The highest BCUT2D eigenvalue weighted by Gasteiger charge is 2.75. The minimum atomic E-state index is 0.0719. The molecule has 2 aliphatic heterocycles. The quantitative estimate of drug-likeness (QED) is 0.770. The molecule has 2 nitrogen and oxygen atoms in total. The van der Waals surface area contributed by atoms with Crippen molar-refractivity contribution in [3.63, 3.8) is 0 Å². The molecule has 0 bridgehead atoms. The Bertz CT molecular complexity index is 502. The highest BCUT2D eigenvalue weighted by molar-refractivity contribution is 5.26. The lowest BCUT2D eigenvalue weighted by atomic mass is 9.70. The minimum absolute atomic E-state index is 0.0719. The van der Waals surface area contributed by atoms with Crippen LogP contribution in [0.5, 0.6) is 0 Å². The average molecular weight is 287 g/mol. The van der Waals surface area contributed by atoms with E-state index < -0.39 is 0 Å². The summed E-state index contributed by atoms with van der Waals surface area (Å²) in [5, 5.41) is 0. The van der Waals surface area contributed by atoms with E-state index in [0.29, 0.717) is 18.0 Å². The maximum Gasteiger partial charge on any atom is 0.113 e. The van der Waals surface area contributed by atoms with Gasteiger partial charge in [-0.05, 0) is 32.3 Å². The van der Waals surface area contributed by atoms with Gasteiger partial charge in [-0.1, -0.05) is 51.1 Å². The molecule has 1 aromatic rings. The van der Waals surface area contributed by atoms with E-state index in [1.165, 1.54) is 5.56 Å². The van der Waals surface area contributed by atoms with E-state index in [0.717, 1.165) is 19.4 Å². The molecule has 0 amide bonds. The summed E-state index contributed by atoms with van der Waals surface area (Å²) in [6.45, 7) is 12.7. The topological polar surface area (TPSA) is 15.8 Å². The average Bonchev–Trinajstić information content (AvgIpc) is 3.14. The normalized spacial score (nSPS) is 42.6. The van der Waals surface area contributed by atoms with Crippen LogP contribution in [0.25, 0.3) is 0 Å². The zero-order valence-corrected chi connectivity index (χ0v) is 14.1. The van der Waals surface area contributed by atoms with Gasteiger partial charge in [-0.15, -0.1) is 0 Å². The second kappa shape index (κ2) is 5.10. The van der Waals surface area contributed by atoms with Crippen molar-refractivity contribution in [3.8, 4) is 0 Å². The smallest absolute Gasteiger partial charge is 0.113 e. The molecular formula is C19H29NO. The number of nitrogens with zero attached hydrogens (tertiary/aromatic N) is 1. The Balaban J connectivity index is 1.91. The third kappa shape index (κ3) is 1.99. The Morgan fingerprint density at radius 2 is 1.81 bits per heavy atom. The van der Waals surface area contributed by atoms with E-state index in [2.05, 4.69) is 69.9 Å². The van der Waals surface area contributed by atoms with E-state index >= 15 is 0 Å². The zero-order valence-electron chi connectivity index (χ0n) is 14.1. The van der Waals surface area contributed by atoms with Gasteiger partial charge in [0.25, 0.3) is 0 Å². The number of hydrogen-bond donors (Lipinski definition) is 0. The summed E-state index contributed by atoms with van der Waals surface area (Å²) >= 11 is 0. The lowest BCUT2D eigenvalue weighted by Gasteiger charge is -2.48. The fraction of sp³-hybridized carbons (Fsp3) is 0.684. The van der Waals surface area contributed by atoms with Crippen LogP contribution in [0, 0.1) is 5.92 Å². The third-order valence-electron chi connectivity index (χ3n) is 6.37. The maximum atomic E-state index is 6.41. The van der Waals surface area contributed by atoms with Gasteiger partial charge in [0.2, 0.25) is 0 Å². The number of piperidine rings is 1. The standard InChI is InChI=1S/C19H29NO/c1-6-17-19(7-2)18(5,21-19)14(3)15(4)20(17)13-16-11-9-8-10-12-16/h8-12,14-15,17H,6-7,13H2,1-5H3/t14-,15+,17-,18-,19+/m1/s1. The summed E-state index contributed by atoms with van der Waals surface area (Å²) < 4.78 is 6.41. The molecule has 0 N–H and O–H groups in total. The minimum Gasteiger partial charge on any atom is -0.361 e. The third-order valence-corrected chi connectivity index (χ3v) is 6.37. The Morgan fingerprint density at radius 1 is 1.14 bits per heavy atom. The van der Waals surface area contributed by atoms with Crippen molar-refractivity contribution in [2.45, 2.75) is 77.3 Å². The Hall–Kier alpha value is -0.860. The molecule has 0 aromatic heterocycles. The molecule has 2 heterocycles. The number of fused-ring (bicyclic) bond motifs is 1. The van der Waals surface area contributed by atoms with Crippen LogP contribution in [0.4, 0.5) is 0 Å². The molecule has 2 fully saturated rings. The number of ether oxygens (including phenoxy) is 1. The zero-order chi connectivity index (χ0) is 15.3. The number of likely N-dealkylation sites (tertiary alicyclic amines) is 1. The van der Waals surface area contributed by atoms with E-state index in [-0.39, 0.29) is 11.2 Å². The second-order valence-electron chi connectivity index (χ2n) is 7.06. The van der Waals surface area contributed by atoms with Crippen molar-refractivity contribution in [2.24, 2.45) is 5.92 Å². The molecule has 0 unspecified atom stereocenters. The molecule has 2 heteroatoms. The SMILES string of the molecule is CC[C@H]1N(Cc2ccccc2)[C@@H](C)[C@@H](C)[C@@]2(C)O[C@@]12CC. The Morgan fingerprint density at radius 3 is 2.38 bits per heavy atom. The maximum absolute atomic E-state index is 6.41. The lowest BCUT2D eigenvalue weighted by molar-refractivity contribution is 0.0165. The summed E-state index contributed by atoms with van der Waals surface area (Å²) in [5.41, 5.74) is 1.56. The summed E-state index contributed by atoms with van der Waals surface area (Å²) in [4.78, 5) is 2.69. The Labute approximate surface area is 129 Å². The summed E-state index contributed by atoms with van der Waals surface area (Å²) in [6.07, 6.45) is 2.28. The van der Waals surface area contributed by atoms with Gasteiger partial charge in [0.15, 0.2) is 0 Å². The first kappa shape index (κ1) is 15.1. The number of rotatable bonds is 4. The van der Waals surface area contributed by atoms with Crippen molar-refractivity contribution >= 4 is 0 Å². The lowest BCUT2D eigenvalue weighted by Crippen LogP contribution is -2.60. The molecule has 2 saturated heterocycles. The fourth-order valence-electron chi connectivity index (χ4n) is 4.80. The van der Waals surface area contributed by atoms with Crippen LogP contribution < -0.4 is 0 Å². The van der Waals surface area contributed by atoms with Crippen LogP contribution >= 0.6 is 0 Å². The van der Waals surface area contributed by atoms with Gasteiger partial charge in [-0.2, -0.15) is 0 Å². The molecule has 5 atom stereocenters. The fourth-order valence-corrected chi connectivity index (χ4v) is 4.80. The van der Waals surface area contributed by atoms with Crippen LogP contribution in [0.15, 0.2) is 30.3 Å². The first-order valence-corrected chi connectivity index (χ1v) is 8.50. The van der Waals surface area contributed by atoms with E-state index in [4.69, 9.17) is 4.74 Å². The van der Waals surface area contributed by atoms with E-state index in [1.54, 1.807) is 0 Å². The van der Waals surface area contributed by atoms with Crippen molar-refractivity contribution in [1.82, 2.24) is 4.90 Å². The highest BCUT2D eigenvalue weighted by atomic mass is 16.6. The van der Waals surface area contributed by atoms with Crippen LogP contribution in [-0.2, 0) is 11.3 Å². The molecule has 1 aromatic carbocycles. The monoisotopic (exact) mass is 287 g/mol. The van der Waals surface area contributed by atoms with Gasteiger partial charge in [-0.3, -0.25) is 4.90 Å². The Kier molecular flexibility index (Phi) is 3.66. The summed E-state index contributed by atoms with van der Waals surface area (Å²) in [6, 6.07) is 11.9. The first-order valence-electron chi connectivity index (χ1n) is 8.50. The van der Waals surface area contributed by atoms with Gasteiger partial charge in [0.05, 0.1) is 0 Å². The van der Waals surface area contributed by atoms with E-state index in [1.807, 2.05) is 0 Å². The van der Waals surface area contributed by atoms with Gasteiger partial charge < -0.3 is 4.74 Å². The molecule has 0 radical (unpaired) electrons. The number of hydrogen-bond acceptors (Lipinski definition) is 2. The van der Waals surface area contributed by atoms with Gasteiger partial charge in [-0.25, -0.2) is 0 Å². The van der Waals surface area contributed by atoms with Crippen molar-refractivity contribution in [1.29, 1.82) is 0 Å². The first-order chi connectivity index (χ1) is 10.00. The second-order valence-corrected chi connectivity index (χ2v) is 7.06. The molecular weight excluding hydrogens is 258 g/mol. The predicted octanol–water partition coefficient (Wildman–Crippen LogP) is 4.24. The predicted molar refractivity (Wildman–Crippen MR) is 87.2 cm³/mol. The van der Waals surface area contributed by atoms with Gasteiger partial charge >= 0.3 is 0 Å². The molecule has 116 valence electrons. The largest absolute Gasteiger partial charge is 0.361 e. The van der Waals surface area contributed by atoms with Crippen LogP contribution in [0.2, 0.25) is 0 Å². The summed E-state index contributed by atoms with van der Waals surface area (Å²) in [5.74, 6) is 0.573.